The number of ketones is 1. The van der Waals surface area contributed by atoms with E-state index in [4.69, 9.17) is 0 Å². The highest BCUT2D eigenvalue weighted by Crippen LogP contribution is 2.48. The van der Waals surface area contributed by atoms with Gasteiger partial charge < -0.3 is 10.2 Å². The summed E-state index contributed by atoms with van der Waals surface area (Å²) < 4.78 is 16.4. The molecule has 214 valence electrons. The smallest absolute Gasteiger partial charge is 0.245 e. The minimum atomic E-state index is -0.673. The molecule has 2 fully saturated rings. The standard InChI is InChI=1S/C32H31FN6O3/c1-18(21-7-5-4-6-8-21)26(33)16-36-32(42)29-13-23-12-28(23)39(29)30(41)17-38-27-10-9-22(24-14-34-20(3)35-15-24)11-25(27)31(37-38)19(2)40/h4-11,14-15,23,28-29H,12-13,16-17H2,1-3H3,(H,36,42)/b26-18+/t23-,28?,29+/m1/s1. The highest BCUT2D eigenvalue weighted by atomic mass is 19.1. The molecule has 1 aliphatic carbocycles. The van der Waals surface area contributed by atoms with Crippen LogP contribution in [0, 0.1) is 12.8 Å². The molecule has 2 aromatic carbocycles. The van der Waals surface area contributed by atoms with Gasteiger partial charge in [0.1, 0.15) is 29.9 Å². The zero-order valence-electron chi connectivity index (χ0n) is 23.7. The van der Waals surface area contributed by atoms with Crippen molar-refractivity contribution >= 4 is 34.1 Å². The van der Waals surface area contributed by atoms with Gasteiger partial charge in [-0.3, -0.25) is 19.1 Å². The molecule has 1 aliphatic heterocycles. The number of nitrogens with one attached hydrogen (secondary N) is 1. The highest BCUT2D eigenvalue weighted by Gasteiger charge is 2.56. The Morgan fingerprint density at radius 2 is 1.74 bits per heavy atom. The zero-order valence-corrected chi connectivity index (χ0v) is 23.7. The third-order valence-corrected chi connectivity index (χ3v) is 8.21. The van der Waals surface area contributed by atoms with Gasteiger partial charge in [0.15, 0.2) is 5.78 Å². The normalized spacial score (nSPS) is 19.8. The number of rotatable bonds is 8. The van der Waals surface area contributed by atoms with Crippen molar-refractivity contribution in [1.29, 1.82) is 0 Å². The number of fused-ring (bicyclic) bond motifs is 2. The molecule has 0 radical (unpaired) electrons. The number of hydrogen-bond donors (Lipinski definition) is 1. The van der Waals surface area contributed by atoms with Gasteiger partial charge in [0.25, 0.3) is 0 Å². The fourth-order valence-electron chi connectivity index (χ4n) is 5.80. The predicted octanol–water partition coefficient (Wildman–Crippen LogP) is 4.51. The van der Waals surface area contributed by atoms with Gasteiger partial charge >= 0.3 is 0 Å². The van der Waals surface area contributed by atoms with Crippen LogP contribution in [0.25, 0.3) is 27.6 Å². The van der Waals surface area contributed by atoms with Crippen LogP contribution in [-0.2, 0) is 16.1 Å². The monoisotopic (exact) mass is 566 g/mol. The van der Waals surface area contributed by atoms with Crippen molar-refractivity contribution in [2.24, 2.45) is 5.92 Å². The first-order valence-corrected chi connectivity index (χ1v) is 14.0. The summed E-state index contributed by atoms with van der Waals surface area (Å²) in [6.45, 7) is 4.57. The zero-order chi connectivity index (χ0) is 29.5. The average molecular weight is 567 g/mol. The first-order chi connectivity index (χ1) is 20.2. The predicted molar refractivity (Wildman–Crippen MR) is 156 cm³/mol. The van der Waals surface area contributed by atoms with E-state index in [1.165, 1.54) is 11.6 Å². The summed E-state index contributed by atoms with van der Waals surface area (Å²) >= 11 is 0. The molecule has 2 aromatic heterocycles. The maximum Gasteiger partial charge on any atom is 0.245 e. The SMILES string of the molecule is CC(=O)c1nn(CC(=O)N2C3C[C@@H]3C[C@H]2C(=O)NC/C(F)=C(/C)c2ccccc2)c2ccc(-c3cnc(C)nc3)cc12. The first-order valence-electron chi connectivity index (χ1n) is 14.0. The van der Waals surface area contributed by atoms with Crippen molar-refractivity contribution < 1.29 is 18.8 Å². The van der Waals surface area contributed by atoms with E-state index in [0.717, 1.165) is 23.1 Å². The van der Waals surface area contributed by atoms with Crippen LogP contribution in [-0.4, -0.2) is 60.9 Å². The number of nitrogens with zero attached hydrogens (tertiary/aromatic N) is 5. The van der Waals surface area contributed by atoms with Crippen molar-refractivity contribution in [3.8, 4) is 11.1 Å². The lowest BCUT2D eigenvalue weighted by Crippen LogP contribution is -2.49. The summed E-state index contributed by atoms with van der Waals surface area (Å²) in [6.07, 6.45) is 4.84. The number of benzene rings is 2. The quantitative estimate of drug-likeness (QED) is 0.314. The second-order valence-corrected chi connectivity index (χ2v) is 11.0. The van der Waals surface area contributed by atoms with E-state index in [2.05, 4.69) is 20.4 Å². The van der Waals surface area contributed by atoms with Crippen LogP contribution in [0.3, 0.4) is 0 Å². The Balaban J connectivity index is 1.20. The lowest BCUT2D eigenvalue weighted by molar-refractivity contribution is -0.140. The van der Waals surface area contributed by atoms with Crippen LogP contribution in [0.5, 0.6) is 0 Å². The molecule has 1 saturated heterocycles. The Hall–Kier alpha value is -4.73. The minimum absolute atomic E-state index is 0.0121. The number of halogens is 1. The molecule has 4 aromatic rings. The summed E-state index contributed by atoms with van der Waals surface area (Å²) in [6, 6.07) is 14.0. The third-order valence-electron chi connectivity index (χ3n) is 8.21. The van der Waals surface area contributed by atoms with Gasteiger partial charge in [-0.2, -0.15) is 5.10 Å². The van der Waals surface area contributed by atoms with Gasteiger partial charge in [0, 0.05) is 36.3 Å². The number of aromatic nitrogens is 4. The van der Waals surface area contributed by atoms with E-state index >= 15 is 0 Å². The van der Waals surface area contributed by atoms with Gasteiger partial charge in [-0.25, -0.2) is 14.4 Å². The molecule has 3 heterocycles. The van der Waals surface area contributed by atoms with Crippen molar-refractivity contribution in [3.05, 3.63) is 83.8 Å². The summed E-state index contributed by atoms with van der Waals surface area (Å²) in [4.78, 5) is 49.4. The largest absolute Gasteiger partial charge is 0.348 e. The summed E-state index contributed by atoms with van der Waals surface area (Å²) in [5, 5.41) is 7.82. The van der Waals surface area contributed by atoms with Crippen LogP contribution in [0.15, 0.2) is 66.8 Å². The molecule has 1 N–H and O–H groups in total. The topological polar surface area (TPSA) is 110 Å². The van der Waals surface area contributed by atoms with Crippen molar-refractivity contribution in [2.45, 2.75) is 52.2 Å². The number of hydrogen-bond acceptors (Lipinski definition) is 6. The summed E-state index contributed by atoms with van der Waals surface area (Å²) in [7, 11) is 0. The number of amides is 2. The minimum Gasteiger partial charge on any atom is -0.348 e. The molecule has 10 heteroatoms. The average Bonchev–Trinajstić information content (AvgIpc) is 3.50. The van der Waals surface area contributed by atoms with Gasteiger partial charge in [-0.15, -0.1) is 0 Å². The molecule has 2 amide bonds. The molecule has 2 aliphatic rings. The van der Waals surface area contributed by atoms with Crippen LogP contribution in [0.2, 0.25) is 0 Å². The van der Waals surface area contributed by atoms with E-state index in [1.807, 2.05) is 55.5 Å². The maximum absolute atomic E-state index is 14.9. The number of Topliss-reactive ketones (excluding diaryl/α,β-unsaturated/α-hetero) is 1. The van der Waals surface area contributed by atoms with Gasteiger partial charge in [0.05, 0.1) is 12.1 Å². The molecule has 0 bridgehead atoms. The number of aryl methyl sites for hydroxylation is 1. The first kappa shape index (κ1) is 27.4. The number of carbonyl (C=O) groups is 3. The van der Waals surface area contributed by atoms with Gasteiger partial charge in [-0.05, 0) is 61.4 Å². The fourth-order valence-corrected chi connectivity index (χ4v) is 5.80. The van der Waals surface area contributed by atoms with E-state index in [9.17, 15) is 18.8 Å². The molecular formula is C32H31FN6O3. The summed E-state index contributed by atoms with van der Waals surface area (Å²) in [5.74, 6) is -0.348. The lowest BCUT2D eigenvalue weighted by atomic mass is 10.0. The second-order valence-electron chi connectivity index (χ2n) is 11.0. The Morgan fingerprint density at radius 1 is 1.00 bits per heavy atom. The molecule has 3 atom stereocenters. The number of likely N-dealkylation sites (tertiary alicyclic amines) is 1. The van der Waals surface area contributed by atoms with Crippen LogP contribution >= 0.6 is 0 Å². The Bertz CT molecular complexity index is 1730. The van der Waals surface area contributed by atoms with Crippen LogP contribution in [0.1, 0.15) is 48.6 Å². The molecule has 42 heavy (non-hydrogen) atoms. The number of carbonyl (C=O) groups excluding carboxylic acids is 3. The van der Waals surface area contributed by atoms with E-state index in [1.54, 1.807) is 24.2 Å². The molecular weight excluding hydrogens is 535 g/mol. The van der Waals surface area contributed by atoms with Crippen molar-refractivity contribution in [1.82, 2.24) is 30.0 Å². The molecule has 1 saturated carbocycles. The number of allylic oxidation sites excluding steroid dienone is 1. The van der Waals surface area contributed by atoms with Gasteiger partial charge in [-0.1, -0.05) is 36.4 Å². The van der Waals surface area contributed by atoms with E-state index < -0.39 is 11.9 Å². The van der Waals surface area contributed by atoms with E-state index in [-0.39, 0.29) is 48.3 Å². The Kier molecular flexibility index (Phi) is 7.14. The molecule has 9 nitrogen and oxygen atoms in total. The fraction of sp³-hybridized carbons (Fsp3) is 0.312. The van der Waals surface area contributed by atoms with Gasteiger partial charge in [0.2, 0.25) is 11.8 Å². The summed E-state index contributed by atoms with van der Waals surface area (Å²) in [5.41, 5.74) is 3.75. The van der Waals surface area contributed by atoms with Crippen molar-refractivity contribution in [2.75, 3.05) is 6.54 Å². The number of piperidine rings is 1. The Morgan fingerprint density at radius 3 is 2.45 bits per heavy atom. The molecule has 1 unspecified atom stereocenters. The van der Waals surface area contributed by atoms with Crippen LogP contribution in [0.4, 0.5) is 4.39 Å². The van der Waals surface area contributed by atoms with Crippen LogP contribution < -0.4 is 5.32 Å². The van der Waals surface area contributed by atoms with Crippen molar-refractivity contribution in [3.63, 3.8) is 0 Å². The third kappa shape index (κ3) is 5.20. The van der Waals surface area contributed by atoms with E-state index in [0.29, 0.717) is 28.7 Å². The Labute approximate surface area is 242 Å². The second kappa shape index (κ2) is 10.9. The maximum atomic E-state index is 14.9. The lowest BCUT2D eigenvalue weighted by Gasteiger charge is -2.27. The molecule has 0 spiro atoms. The highest BCUT2D eigenvalue weighted by molar-refractivity contribution is 6.06. The molecule has 6 rings (SSSR count).